The summed E-state index contributed by atoms with van der Waals surface area (Å²) in [6.45, 7) is 4.22. The van der Waals surface area contributed by atoms with Gasteiger partial charge in [-0.25, -0.2) is 17.9 Å². The van der Waals surface area contributed by atoms with E-state index >= 15 is 0 Å². The van der Waals surface area contributed by atoms with Crippen molar-refractivity contribution in [3.8, 4) is 0 Å². The van der Waals surface area contributed by atoms with E-state index in [0.29, 0.717) is 6.54 Å². The van der Waals surface area contributed by atoms with Crippen molar-refractivity contribution >= 4 is 22.0 Å². The topological polar surface area (TPSA) is 104 Å². The van der Waals surface area contributed by atoms with E-state index in [2.05, 4.69) is 10.0 Å². The highest BCUT2D eigenvalue weighted by Crippen LogP contribution is 2.01. The normalized spacial score (nSPS) is 22.1. The highest BCUT2D eigenvalue weighted by atomic mass is 32.2. The maximum Gasteiger partial charge on any atom is 0.322 e. The first-order valence-corrected chi connectivity index (χ1v) is 7.08. The summed E-state index contributed by atoms with van der Waals surface area (Å²) in [7, 11) is -3.55. The Hall–Kier alpha value is -1.15. The van der Waals surface area contributed by atoms with Crippen LogP contribution >= 0.6 is 0 Å². The minimum atomic E-state index is -3.55. The first-order chi connectivity index (χ1) is 7.84. The van der Waals surface area contributed by atoms with Gasteiger partial charge in [0.2, 0.25) is 10.0 Å². The molecule has 1 heterocycles. The molecule has 2 atom stereocenters. The lowest BCUT2D eigenvalue weighted by Crippen LogP contribution is -2.41. The molecule has 1 rings (SSSR count). The van der Waals surface area contributed by atoms with Gasteiger partial charge < -0.3 is 5.32 Å². The van der Waals surface area contributed by atoms with Crippen LogP contribution in [0.1, 0.15) is 20.3 Å². The number of urea groups is 1. The van der Waals surface area contributed by atoms with Gasteiger partial charge in [0.1, 0.15) is 6.04 Å². The van der Waals surface area contributed by atoms with Crippen LogP contribution in [0.2, 0.25) is 0 Å². The minimum absolute atomic E-state index is 0.233. The maximum absolute atomic E-state index is 11.6. The Balaban J connectivity index is 2.49. The van der Waals surface area contributed by atoms with Gasteiger partial charge in [-0.05, 0) is 5.92 Å². The van der Waals surface area contributed by atoms with Crippen LogP contribution in [0.25, 0.3) is 0 Å². The largest absolute Gasteiger partial charge is 0.325 e. The van der Waals surface area contributed by atoms with Gasteiger partial charge in [0.25, 0.3) is 5.91 Å². The fourth-order valence-electron chi connectivity index (χ4n) is 1.27. The van der Waals surface area contributed by atoms with E-state index in [1.165, 1.54) is 0 Å². The molecule has 1 aliphatic rings. The van der Waals surface area contributed by atoms with Gasteiger partial charge in [0, 0.05) is 6.54 Å². The van der Waals surface area contributed by atoms with Gasteiger partial charge in [-0.3, -0.25) is 10.1 Å². The Bertz CT molecular complexity index is 406. The van der Waals surface area contributed by atoms with E-state index < -0.39 is 33.8 Å². The SMILES string of the molecule is CCC(C)CNS(=O)(=O)CC1NC(=O)NC1=O. The summed E-state index contributed by atoms with van der Waals surface area (Å²) in [5.41, 5.74) is 0. The third kappa shape index (κ3) is 4.31. The second-order valence-corrected chi connectivity index (χ2v) is 6.01. The van der Waals surface area contributed by atoms with Gasteiger partial charge >= 0.3 is 6.03 Å². The maximum atomic E-state index is 11.6. The van der Waals surface area contributed by atoms with E-state index in [0.717, 1.165) is 6.42 Å². The Labute approximate surface area is 100 Å². The molecule has 0 aromatic heterocycles. The Morgan fingerprint density at radius 1 is 1.41 bits per heavy atom. The van der Waals surface area contributed by atoms with Crippen molar-refractivity contribution in [1.82, 2.24) is 15.4 Å². The van der Waals surface area contributed by atoms with Crippen LogP contribution in [0.15, 0.2) is 0 Å². The Morgan fingerprint density at radius 3 is 2.53 bits per heavy atom. The minimum Gasteiger partial charge on any atom is -0.325 e. The molecule has 17 heavy (non-hydrogen) atoms. The lowest BCUT2D eigenvalue weighted by molar-refractivity contribution is -0.119. The molecule has 98 valence electrons. The van der Waals surface area contributed by atoms with Crippen LogP contribution in [0.5, 0.6) is 0 Å². The van der Waals surface area contributed by atoms with Gasteiger partial charge in [-0.15, -0.1) is 0 Å². The van der Waals surface area contributed by atoms with E-state index in [4.69, 9.17) is 0 Å². The Kier molecular flexibility index (Phi) is 4.47. The number of rotatable bonds is 6. The number of imide groups is 1. The van der Waals surface area contributed by atoms with Crippen LogP contribution in [-0.4, -0.2) is 38.7 Å². The van der Waals surface area contributed by atoms with Crippen LogP contribution in [-0.2, 0) is 14.8 Å². The summed E-state index contributed by atoms with van der Waals surface area (Å²) < 4.78 is 25.6. The van der Waals surface area contributed by atoms with E-state index in [1.54, 1.807) is 0 Å². The summed E-state index contributed by atoms with van der Waals surface area (Å²) in [5, 5.41) is 4.23. The monoisotopic (exact) mass is 263 g/mol. The number of nitrogens with one attached hydrogen (secondary N) is 3. The summed E-state index contributed by atoms with van der Waals surface area (Å²) in [4.78, 5) is 22.0. The van der Waals surface area contributed by atoms with Gasteiger partial charge in [0.05, 0.1) is 5.75 Å². The quantitative estimate of drug-likeness (QED) is 0.543. The molecule has 0 saturated carbocycles. The van der Waals surface area contributed by atoms with Gasteiger partial charge in [-0.2, -0.15) is 0 Å². The predicted octanol–water partition coefficient (Wildman–Crippen LogP) is -0.840. The summed E-state index contributed by atoms with van der Waals surface area (Å²) >= 11 is 0. The highest BCUT2D eigenvalue weighted by Gasteiger charge is 2.33. The molecule has 2 unspecified atom stereocenters. The van der Waals surface area contributed by atoms with E-state index in [-0.39, 0.29) is 5.92 Å². The average molecular weight is 263 g/mol. The van der Waals surface area contributed by atoms with Crippen LogP contribution < -0.4 is 15.4 Å². The molecule has 3 amide bonds. The second-order valence-electron chi connectivity index (χ2n) is 4.16. The summed E-state index contributed by atoms with van der Waals surface area (Å²) in [6, 6.07) is -1.66. The molecular formula is C9H17N3O4S. The Morgan fingerprint density at radius 2 is 2.06 bits per heavy atom. The van der Waals surface area contributed by atoms with Gasteiger partial charge in [0.15, 0.2) is 0 Å². The number of sulfonamides is 1. The van der Waals surface area contributed by atoms with E-state index in [1.807, 2.05) is 19.2 Å². The fourth-order valence-corrected chi connectivity index (χ4v) is 2.60. The molecule has 0 aromatic rings. The van der Waals surface area contributed by atoms with Crippen molar-refractivity contribution in [2.45, 2.75) is 26.3 Å². The standard InChI is InChI=1S/C9H17N3O4S/c1-3-6(2)4-10-17(15,16)5-7-8(13)12-9(14)11-7/h6-7,10H,3-5H2,1-2H3,(H2,11,12,13,14). The second kappa shape index (κ2) is 5.46. The number of hydrogen-bond acceptors (Lipinski definition) is 4. The lowest BCUT2D eigenvalue weighted by atomic mass is 10.1. The van der Waals surface area contributed by atoms with Crippen molar-refractivity contribution in [2.24, 2.45) is 5.92 Å². The summed E-state index contributed by atoms with van der Waals surface area (Å²) in [5.74, 6) is -0.804. The first kappa shape index (κ1) is 13.9. The molecule has 3 N–H and O–H groups in total. The zero-order valence-corrected chi connectivity index (χ0v) is 10.6. The molecule has 0 aromatic carbocycles. The smallest absolute Gasteiger partial charge is 0.322 e. The first-order valence-electron chi connectivity index (χ1n) is 5.42. The molecule has 0 radical (unpaired) electrons. The number of carbonyl (C=O) groups excluding carboxylic acids is 2. The number of hydrogen-bond donors (Lipinski definition) is 3. The molecule has 8 heteroatoms. The van der Waals surface area contributed by atoms with Crippen LogP contribution in [0, 0.1) is 5.92 Å². The summed E-state index contributed by atoms with van der Waals surface area (Å²) in [6.07, 6.45) is 0.864. The molecule has 7 nitrogen and oxygen atoms in total. The molecular weight excluding hydrogens is 246 g/mol. The van der Waals surface area contributed by atoms with Crippen molar-refractivity contribution in [2.75, 3.05) is 12.3 Å². The molecule has 0 spiro atoms. The van der Waals surface area contributed by atoms with Crippen molar-refractivity contribution in [1.29, 1.82) is 0 Å². The third-order valence-corrected chi connectivity index (χ3v) is 3.97. The average Bonchev–Trinajstić information content (AvgIpc) is 2.53. The van der Waals surface area contributed by atoms with Crippen molar-refractivity contribution < 1.29 is 18.0 Å². The number of carbonyl (C=O) groups is 2. The predicted molar refractivity (Wildman–Crippen MR) is 61.7 cm³/mol. The zero-order valence-electron chi connectivity index (χ0n) is 9.82. The van der Waals surface area contributed by atoms with Gasteiger partial charge in [-0.1, -0.05) is 20.3 Å². The van der Waals surface area contributed by atoms with Crippen molar-refractivity contribution in [3.05, 3.63) is 0 Å². The van der Waals surface area contributed by atoms with Crippen molar-refractivity contribution in [3.63, 3.8) is 0 Å². The highest BCUT2D eigenvalue weighted by molar-refractivity contribution is 7.89. The van der Waals surface area contributed by atoms with Crippen LogP contribution in [0.3, 0.4) is 0 Å². The third-order valence-electron chi connectivity index (χ3n) is 2.59. The molecule has 1 fully saturated rings. The lowest BCUT2D eigenvalue weighted by Gasteiger charge is -2.12. The zero-order chi connectivity index (χ0) is 13.1. The number of amides is 3. The molecule has 1 aliphatic heterocycles. The molecule has 0 aliphatic carbocycles. The fraction of sp³-hybridized carbons (Fsp3) is 0.778. The molecule has 0 bridgehead atoms. The molecule has 1 saturated heterocycles. The van der Waals surface area contributed by atoms with Crippen LogP contribution in [0.4, 0.5) is 4.79 Å². The van der Waals surface area contributed by atoms with E-state index in [9.17, 15) is 18.0 Å².